The molecule has 1 heterocycles. The highest BCUT2D eigenvalue weighted by atomic mass is 79.9. The summed E-state index contributed by atoms with van der Waals surface area (Å²) in [4.78, 5) is 13.1. The second-order valence-electron chi connectivity index (χ2n) is 2.58. The fourth-order valence-electron chi connectivity index (χ4n) is 1.04. The summed E-state index contributed by atoms with van der Waals surface area (Å²) >= 11 is 2.83. The Morgan fingerprint density at radius 2 is 2.27 bits per heavy atom. The molecule has 0 amide bonds. The molecule has 1 aromatic rings. The molecule has 0 spiro atoms. The van der Waals surface area contributed by atoms with E-state index >= 15 is 0 Å². The summed E-state index contributed by atoms with van der Waals surface area (Å²) in [5.41, 5.74) is 4.61. The molecule has 5 nitrogen and oxygen atoms in total. The van der Waals surface area contributed by atoms with Crippen molar-refractivity contribution < 1.29 is 13.7 Å². The third-order valence-corrected chi connectivity index (χ3v) is 2.33. The molecule has 0 atom stereocenters. The van der Waals surface area contributed by atoms with Crippen molar-refractivity contribution in [3.8, 4) is 0 Å². The van der Waals surface area contributed by atoms with Crippen LogP contribution in [0.1, 0.15) is 17.7 Å². The fraction of sp³-hybridized carbons (Fsp3) is 0.286. The van der Waals surface area contributed by atoms with Gasteiger partial charge in [0, 0.05) is 4.47 Å². The van der Waals surface area contributed by atoms with Crippen LogP contribution in [0.4, 0.5) is 14.6 Å². The molecule has 0 unspecified atom stereocenters. The van der Waals surface area contributed by atoms with Crippen molar-refractivity contribution in [1.29, 1.82) is 0 Å². The lowest BCUT2D eigenvalue weighted by molar-refractivity contribution is -0.389. The standard InChI is InChI=1S/C7H6BrF2N3O2/c8-3-1-5(13(14)15)12-4(2-11)6(3)7(9)10/h1,7H,2,11H2. The van der Waals surface area contributed by atoms with E-state index in [1.165, 1.54) is 0 Å². The first-order valence-corrected chi connectivity index (χ1v) is 4.58. The fourth-order valence-corrected chi connectivity index (χ4v) is 1.65. The van der Waals surface area contributed by atoms with Gasteiger partial charge in [-0.25, -0.2) is 8.78 Å². The Hall–Kier alpha value is -1.15. The van der Waals surface area contributed by atoms with Crippen molar-refractivity contribution >= 4 is 21.7 Å². The maximum Gasteiger partial charge on any atom is 0.364 e. The van der Waals surface area contributed by atoms with Gasteiger partial charge in [-0.2, -0.15) is 0 Å². The van der Waals surface area contributed by atoms with Crippen LogP contribution in [0, 0.1) is 10.1 Å². The third kappa shape index (κ3) is 2.45. The number of hydrogen-bond donors (Lipinski definition) is 1. The van der Waals surface area contributed by atoms with E-state index in [1.54, 1.807) is 0 Å². The highest BCUT2D eigenvalue weighted by Crippen LogP contribution is 2.31. The number of nitro groups is 1. The average Bonchev–Trinajstić information content (AvgIpc) is 2.15. The Labute approximate surface area is 91.6 Å². The summed E-state index contributed by atoms with van der Waals surface area (Å²) in [5.74, 6) is -0.508. The van der Waals surface area contributed by atoms with Crippen molar-refractivity contribution in [3.63, 3.8) is 0 Å². The molecule has 2 N–H and O–H groups in total. The van der Waals surface area contributed by atoms with Crippen LogP contribution in [-0.4, -0.2) is 9.91 Å². The Kier molecular flexibility index (Phi) is 3.64. The first kappa shape index (κ1) is 11.9. The first-order chi connectivity index (χ1) is 6.97. The zero-order valence-corrected chi connectivity index (χ0v) is 8.87. The van der Waals surface area contributed by atoms with Crippen LogP contribution in [0.15, 0.2) is 10.5 Å². The van der Waals surface area contributed by atoms with Crippen molar-refractivity contribution in [2.45, 2.75) is 13.0 Å². The molecule has 1 rings (SSSR count). The van der Waals surface area contributed by atoms with Crippen LogP contribution < -0.4 is 5.73 Å². The van der Waals surface area contributed by atoms with Crippen molar-refractivity contribution in [3.05, 3.63) is 31.9 Å². The molecule has 1 aromatic heterocycles. The van der Waals surface area contributed by atoms with Crippen LogP contribution in [0.2, 0.25) is 0 Å². The van der Waals surface area contributed by atoms with Gasteiger partial charge < -0.3 is 15.8 Å². The second kappa shape index (κ2) is 4.58. The van der Waals surface area contributed by atoms with E-state index in [1.807, 2.05) is 0 Å². The Bertz CT molecular complexity index is 400. The molecule has 15 heavy (non-hydrogen) atoms. The molecule has 0 fully saturated rings. The molecular weight excluding hydrogens is 276 g/mol. The molecule has 0 saturated heterocycles. The van der Waals surface area contributed by atoms with Crippen LogP contribution >= 0.6 is 15.9 Å². The van der Waals surface area contributed by atoms with Gasteiger partial charge in [-0.05, 0) is 25.8 Å². The van der Waals surface area contributed by atoms with E-state index in [0.29, 0.717) is 0 Å². The summed E-state index contributed by atoms with van der Waals surface area (Å²) in [6.45, 7) is -0.278. The number of pyridine rings is 1. The predicted octanol–water partition coefficient (Wildman–Crippen LogP) is 2.15. The molecule has 0 radical (unpaired) electrons. The van der Waals surface area contributed by atoms with Crippen molar-refractivity contribution in [2.24, 2.45) is 5.73 Å². The monoisotopic (exact) mass is 281 g/mol. The zero-order chi connectivity index (χ0) is 11.6. The molecule has 0 aliphatic heterocycles. The highest BCUT2D eigenvalue weighted by Gasteiger charge is 2.24. The largest absolute Gasteiger partial charge is 0.364 e. The maximum absolute atomic E-state index is 12.5. The van der Waals surface area contributed by atoms with Crippen molar-refractivity contribution in [2.75, 3.05) is 0 Å². The van der Waals surface area contributed by atoms with E-state index in [0.717, 1.165) is 6.07 Å². The van der Waals surface area contributed by atoms with E-state index < -0.39 is 22.7 Å². The lowest BCUT2D eigenvalue weighted by Gasteiger charge is -2.05. The molecule has 8 heteroatoms. The van der Waals surface area contributed by atoms with E-state index in [2.05, 4.69) is 20.9 Å². The molecule has 0 bridgehead atoms. The summed E-state index contributed by atoms with van der Waals surface area (Å²) in [6, 6.07) is 0.931. The van der Waals surface area contributed by atoms with Gasteiger partial charge in [-0.1, -0.05) is 0 Å². The molecule has 82 valence electrons. The number of alkyl halides is 2. The number of hydrogen-bond acceptors (Lipinski definition) is 4. The minimum Gasteiger partial charge on any atom is -0.358 e. The number of halogens is 3. The van der Waals surface area contributed by atoms with Crippen molar-refractivity contribution in [1.82, 2.24) is 4.98 Å². The average molecular weight is 282 g/mol. The molecular formula is C7H6BrF2N3O2. The summed E-state index contributed by atoms with van der Waals surface area (Å²) in [5, 5.41) is 10.4. The minimum atomic E-state index is -2.77. The number of nitrogens with zero attached hydrogens (tertiary/aromatic N) is 2. The second-order valence-corrected chi connectivity index (χ2v) is 3.44. The Morgan fingerprint density at radius 3 is 2.67 bits per heavy atom. The lowest BCUT2D eigenvalue weighted by Crippen LogP contribution is -2.08. The number of rotatable bonds is 3. The van der Waals surface area contributed by atoms with Gasteiger partial charge in [0.2, 0.25) is 0 Å². The Balaban J connectivity index is 3.37. The summed E-state index contributed by atoms with van der Waals surface area (Å²) in [6.07, 6.45) is -2.77. The summed E-state index contributed by atoms with van der Waals surface area (Å²) in [7, 11) is 0. The van der Waals surface area contributed by atoms with Gasteiger partial charge in [0.1, 0.15) is 0 Å². The van der Waals surface area contributed by atoms with Gasteiger partial charge in [-0.3, -0.25) is 0 Å². The van der Waals surface area contributed by atoms with Crippen LogP contribution in [0.3, 0.4) is 0 Å². The highest BCUT2D eigenvalue weighted by molar-refractivity contribution is 9.10. The van der Waals surface area contributed by atoms with Gasteiger partial charge >= 0.3 is 5.82 Å². The minimum absolute atomic E-state index is 0.0559. The normalized spacial score (nSPS) is 10.7. The smallest absolute Gasteiger partial charge is 0.358 e. The van der Waals surface area contributed by atoms with E-state index in [4.69, 9.17) is 5.73 Å². The van der Waals surface area contributed by atoms with Crippen LogP contribution in [0.25, 0.3) is 0 Å². The molecule has 0 saturated carbocycles. The summed E-state index contributed by atoms with van der Waals surface area (Å²) < 4.78 is 25.0. The quantitative estimate of drug-likeness (QED) is 0.680. The lowest BCUT2D eigenvalue weighted by atomic mass is 10.2. The van der Waals surface area contributed by atoms with E-state index in [-0.39, 0.29) is 16.7 Å². The van der Waals surface area contributed by atoms with Crippen LogP contribution in [0.5, 0.6) is 0 Å². The van der Waals surface area contributed by atoms with Gasteiger partial charge in [0.15, 0.2) is 5.69 Å². The SMILES string of the molecule is NCc1nc([N+](=O)[O-])cc(Br)c1C(F)F. The molecule has 0 aliphatic rings. The van der Waals surface area contributed by atoms with Crippen LogP contribution in [-0.2, 0) is 6.54 Å². The maximum atomic E-state index is 12.5. The predicted molar refractivity (Wildman–Crippen MR) is 51.4 cm³/mol. The van der Waals surface area contributed by atoms with E-state index in [9.17, 15) is 18.9 Å². The van der Waals surface area contributed by atoms with Gasteiger partial charge in [0.05, 0.1) is 18.2 Å². The first-order valence-electron chi connectivity index (χ1n) is 3.79. The molecule has 0 aliphatic carbocycles. The van der Waals surface area contributed by atoms with Gasteiger partial charge in [-0.15, -0.1) is 0 Å². The van der Waals surface area contributed by atoms with Gasteiger partial charge in [0.25, 0.3) is 6.43 Å². The zero-order valence-electron chi connectivity index (χ0n) is 7.28. The Morgan fingerprint density at radius 1 is 1.67 bits per heavy atom. The third-order valence-electron chi connectivity index (χ3n) is 1.67. The topological polar surface area (TPSA) is 82.0 Å². The number of nitrogens with two attached hydrogens (primary N) is 1. The molecule has 0 aromatic carbocycles. The number of aromatic nitrogens is 1.